The van der Waals surface area contributed by atoms with Crippen molar-refractivity contribution in [2.24, 2.45) is 0 Å². The van der Waals surface area contributed by atoms with Gasteiger partial charge in [-0.15, -0.1) is 0 Å². The van der Waals surface area contributed by atoms with E-state index in [0.717, 1.165) is 16.3 Å². The number of rotatable bonds is 2. The molecule has 0 spiro atoms. The molecule has 1 rings (SSSR count). The van der Waals surface area contributed by atoms with Gasteiger partial charge in [-0.3, -0.25) is 0 Å². The van der Waals surface area contributed by atoms with Crippen LogP contribution in [0.4, 0.5) is 0 Å². The molecule has 0 atom stereocenters. The predicted octanol–water partition coefficient (Wildman–Crippen LogP) is 3.22. The van der Waals surface area contributed by atoms with Crippen LogP contribution in [0.1, 0.15) is 5.56 Å². The van der Waals surface area contributed by atoms with E-state index >= 15 is 0 Å². The van der Waals surface area contributed by atoms with Crippen LogP contribution in [0.5, 0.6) is 5.75 Å². The summed E-state index contributed by atoms with van der Waals surface area (Å²) in [5.41, 5.74) is 0.995. The first-order valence-corrected chi connectivity index (χ1v) is 4.10. The van der Waals surface area contributed by atoms with Gasteiger partial charge in [0.05, 0.1) is 0 Å². The molecule has 1 aromatic rings. The molecule has 0 heterocycles. The monoisotopic (exact) mass is 190 g/mol. The van der Waals surface area contributed by atoms with Crippen LogP contribution in [0, 0.1) is 6.92 Å². The minimum absolute atomic E-state index is 0.168. The summed E-state index contributed by atoms with van der Waals surface area (Å²) in [7, 11) is 0. The van der Waals surface area contributed by atoms with Gasteiger partial charge in [-0.05, 0) is 30.7 Å². The first-order valence-electron chi connectivity index (χ1n) is 3.19. The molecule has 60 valence electrons. The molecule has 0 radical (unpaired) electrons. The van der Waals surface area contributed by atoms with Gasteiger partial charge in [-0.25, -0.2) is 0 Å². The van der Waals surface area contributed by atoms with Gasteiger partial charge in [0.1, 0.15) is 5.75 Å². The Kier molecular flexibility index (Phi) is 3.03. The van der Waals surface area contributed by atoms with Gasteiger partial charge in [0.15, 0.2) is 6.07 Å². The van der Waals surface area contributed by atoms with Gasteiger partial charge >= 0.3 is 0 Å². The fraction of sp³-hybridized carbons (Fsp3) is 0.250. The zero-order valence-corrected chi connectivity index (χ0v) is 7.62. The highest BCUT2D eigenvalue weighted by Crippen LogP contribution is 2.20. The van der Waals surface area contributed by atoms with Crippen LogP contribution in [0.15, 0.2) is 18.2 Å². The van der Waals surface area contributed by atoms with Crippen molar-refractivity contribution in [1.82, 2.24) is 0 Å². The average molecular weight is 191 g/mol. The molecule has 0 bridgehead atoms. The molecule has 0 aliphatic rings. The highest BCUT2D eigenvalue weighted by atomic mass is 35.5. The standard InChI is InChI=1S/C8H8Cl2O/c1-6-4-7(11-5-9)2-3-8(6)10/h2-4H,5H2,1H3. The van der Waals surface area contributed by atoms with Crippen molar-refractivity contribution < 1.29 is 4.74 Å². The van der Waals surface area contributed by atoms with Crippen molar-refractivity contribution in [3.8, 4) is 5.75 Å². The zero-order valence-electron chi connectivity index (χ0n) is 6.10. The number of hydrogen-bond acceptors (Lipinski definition) is 1. The van der Waals surface area contributed by atoms with Crippen molar-refractivity contribution in [3.05, 3.63) is 28.8 Å². The van der Waals surface area contributed by atoms with E-state index in [1.165, 1.54) is 0 Å². The molecular formula is C8H8Cl2O. The van der Waals surface area contributed by atoms with Crippen LogP contribution in [-0.2, 0) is 0 Å². The second kappa shape index (κ2) is 3.84. The third kappa shape index (κ3) is 2.28. The van der Waals surface area contributed by atoms with Crippen LogP contribution in [0.2, 0.25) is 5.02 Å². The largest absolute Gasteiger partial charge is 0.478 e. The molecule has 0 fully saturated rings. The smallest absolute Gasteiger partial charge is 0.162 e. The minimum Gasteiger partial charge on any atom is -0.478 e. The molecule has 11 heavy (non-hydrogen) atoms. The van der Waals surface area contributed by atoms with Crippen LogP contribution < -0.4 is 4.74 Å². The number of alkyl halides is 1. The molecule has 0 N–H and O–H groups in total. The lowest BCUT2D eigenvalue weighted by molar-refractivity contribution is 0.388. The number of halogens is 2. The van der Waals surface area contributed by atoms with Crippen LogP contribution in [0.3, 0.4) is 0 Å². The highest BCUT2D eigenvalue weighted by Gasteiger charge is 1.96. The van der Waals surface area contributed by atoms with Crippen molar-refractivity contribution in [1.29, 1.82) is 0 Å². The van der Waals surface area contributed by atoms with Crippen LogP contribution in [0.25, 0.3) is 0 Å². The average Bonchev–Trinajstić information content (AvgIpc) is 1.98. The summed E-state index contributed by atoms with van der Waals surface area (Å²) < 4.78 is 5.05. The Bertz CT molecular complexity index is 248. The molecule has 1 aromatic carbocycles. The van der Waals surface area contributed by atoms with Crippen LogP contribution in [-0.4, -0.2) is 6.07 Å². The first kappa shape index (κ1) is 8.69. The van der Waals surface area contributed by atoms with E-state index in [0.29, 0.717) is 0 Å². The number of ether oxygens (including phenoxy) is 1. The van der Waals surface area contributed by atoms with Crippen molar-refractivity contribution in [2.45, 2.75) is 6.92 Å². The summed E-state index contributed by atoms with van der Waals surface area (Å²) in [5.74, 6) is 0.752. The van der Waals surface area contributed by atoms with E-state index in [-0.39, 0.29) is 6.07 Å². The Balaban J connectivity index is 2.86. The molecule has 0 aliphatic carbocycles. The second-order valence-corrected chi connectivity index (χ2v) is 2.79. The topological polar surface area (TPSA) is 9.23 Å². The summed E-state index contributed by atoms with van der Waals surface area (Å²) in [6, 6.07) is 5.60. The SMILES string of the molecule is Cc1cc(OCCl)ccc1Cl. The molecule has 0 amide bonds. The van der Waals surface area contributed by atoms with Gasteiger partial charge in [0, 0.05) is 5.02 Å². The minimum atomic E-state index is 0.168. The van der Waals surface area contributed by atoms with E-state index in [2.05, 4.69) is 0 Å². The van der Waals surface area contributed by atoms with Gasteiger partial charge in [-0.2, -0.15) is 0 Å². The van der Waals surface area contributed by atoms with Crippen molar-refractivity contribution in [2.75, 3.05) is 6.07 Å². The molecule has 1 nitrogen and oxygen atoms in total. The first-order chi connectivity index (χ1) is 5.24. The maximum Gasteiger partial charge on any atom is 0.162 e. The van der Waals surface area contributed by atoms with Gasteiger partial charge < -0.3 is 4.74 Å². The molecule has 0 saturated heterocycles. The molecular weight excluding hydrogens is 183 g/mol. The summed E-state index contributed by atoms with van der Waals surface area (Å²) in [4.78, 5) is 0. The summed E-state index contributed by atoms with van der Waals surface area (Å²) in [6.07, 6.45) is 0. The Morgan fingerprint density at radius 1 is 1.45 bits per heavy atom. The predicted molar refractivity (Wildman–Crippen MR) is 47.5 cm³/mol. The second-order valence-electron chi connectivity index (χ2n) is 2.16. The van der Waals surface area contributed by atoms with Gasteiger partial charge in [0.2, 0.25) is 0 Å². The normalized spacial score (nSPS) is 9.73. The lowest BCUT2D eigenvalue weighted by Crippen LogP contribution is -1.88. The molecule has 0 aromatic heterocycles. The Labute approximate surface area is 75.9 Å². The maximum absolute atomic E-state index is 5.79. The fourth-order valence-electron chi connectivity index (χ4n) is 0.770. The Morgan fingerprint density at radius 2 is 2.18 bits per heavy atom. The van der Waals surface area contributed by atoms with Gasteiger partial charge in [-0.1, -0.05) is 23.2 Å². The molecule has 3 heteroatoms. The maximum atomic E-state index is 5.79. The van der Waals surface area contributed by atoms with Crippen molar-refractivity contribution in [3.63, 3.8) is 0 Å². The molecule has 0 unspecified atom stereocenters. The van der Waals surface area contributed by atoms with E-state index in [9.17, 15) is 0 Å². The highest BCUT2D eigenvalue weighted by molar-refractivity contribution is 6.31. The Morgan fingerprint density at radius 3 is 2.73 bits per heavy atom. The summed E-state index contributed by atoms with van der Waals surface area (Å²) in [5, 5.41) is 0.743. The van der Waals surface area contributed by atoms with E-state index in [1.54, 1.807) is 12.1 Å². The molecule has 0 saturated carbocycles. The lowest BCUT2D eigenvalue weighted by atomic mass is 10.2. The third-order valence-corrected chi connectivity index (χ3v) is 1.88. The van der Waals surface area contributed by atoms with Crippen LogP contribution >= 0.6 is 23.2 Å². The number of benzene rings is 1. The summed E-state index contributed by atoms with van der Waals surface area (Å²) >= 11 is 11.2. The quantitative estimate of drug-likeness (QED) is 0.652. The van der Waals surface area contributed by atoms with E-state index < -0.39 is 0 Å². The van der Waals surface area contributed by atoms with E-state index in [4.69, 9.17) is 27.9 Å². The summed E-state index contributed by atoms with van der Waals surface area (Å²) in [6.45, 7) is 1.92. The molecule has 0 aliphatic heterocycles. The number of hydrogen-bond donors (Lipinski definition) is 0. The zero-order chi connectivity index (χ0) is 8.27. The van der Waals surface area contributed by atoms with Gasteiger partial charge in [0.25, 0.3) is 0 Å². The lowest BCUT2D eigenvalue weighted by Gasteiger charge is -2.03. The fourth-order valence-corrected chi connectivity index (χ4v) is 1.01. The Hall–Kier alpha value is -0.400. The van der Waals surface area contributed by atoms with E-state index in [1.807, 2.05) is 13.0 Å². The number of aryl methyl sites for hydroxylation is 1. The van der Waals surface area contributed by atoms with Crippen molar-refractivity contribution >= 4 is 23.2 Å². The third-order valence-electron chi connectivity index (χ3n) is 1.35.